The van der Waals surface area contributed by atoms with Crippen LogP contribution in [0.5, 0.6) is 0 Å². The maximum atomic E-state index is 11.4. The van der Waals surface area contributed by atoms with E-state index in [1.54, 1.807) is 4.90 Å². The number of aromatic nitrogens is 2. The fraction of sp³-hybridized carbons (Fsp3) is 0.583. The second-order valence-corrected chi connectivity index (χ2v) is 5.31. The summed E-state index contributed by atoms with van der Waals surface area (Å²) >= 11 is 3.38. The predicted molar refractivity (Wildman–Crippen MR) is 73.4 cm³/mol. The van der Waals surface area contributed by atoms with E-state index in [9.17, 15) is 4.79 Å². The van der Waals surface area contributed by atoms with Gasteiger partial charge in [-0.2, -0.15) is 0 Å². The number of likely N-dealkylation sites (tertiary alicyclic amines) is 1. The number of nitrogens with one attached hydrogen (secondary N) is 1. The van der Waals surface area contributed by atoms with Gasteiger partial charge in [0.2, 0.25) is 5.91 Å². The van der Waals surface area contributed by atoms with Crippen LogP contribution < -0.4 is 5.32 Å². The number of rotatable bonds is 3. The minimum Gasteiger partial charge on any atom is -0.365 e. The van der Waals surface area contributed by atoms with Crippen LogP contribution in [0.15, 0.2) is 10.7 Å². The highest BCUT2D eigenvalue weighted by atomic mass is 79.9. The maximum absolute atomic E-state index is 11.4. The largest absolute Gasteiger partial charge is 0.365 e. The first-order valence-electron chi connectivity index (χ1n) is 6.12. The minimum atomic E-state index is 0.214. The van der Waals surface area contributed by atoms with Crippen molar-refractivity contribution in [2.24, 2.45) is 0 Å². The summed E-state index contributed by atoms with van der Waals surface area (Å²) in [5, 5.41) is 3.37. The zero-order valence-corrected chi connectivity index (χ0v) is 12.2. The van der Waals surface area contributed by atoms with E-state index < -0.39 is 0 Å². The lowest BCUT2D eigenvalue weighted by atomic mass is 10.1. The van der Waals surface area contributed by atoms with Crippen molar-refractivity contribution in [2.75, 3.05) is 18.9 Å². The van der Waals surface area contributed by atoms with Gasteiger partial charge in [0.05, 0.1) is 0 Å². The molecular weight excluding hydrogens is 296 g/mol. The van der Waals surface area contributed by atoms with Crippen LogP contribution >= 0.6 is 15.9 Å². The zero-order valence-electron chi connectivity index (χ0n) is 10.6. The molecule has 0 radical (unpaired) electrons. The van der Waals surface area contributed by atoms with E-state index in [0.29, 0.717) is 6.42 Å². The molecule has 98 valence electrons. The van der Waals surface area contributed by atoms with Gasteiger partial charge in [-0.05, 0) is 22.4 Å². The molecule has 6 heteroatoms. The molecule has 18 heavy (non-hydrogen) atoms. The van der Waals surface area contributed by atoms with Gasteiger partial charge in [-0.25, -0.2) is 9.97 Å². The molecule has 1 unspecified atom stereocenters. The Hall–Kier alpha value is -1.17. The number of anilines is 1. The molecule has 1 aliphatic heterocycles. The first kappa shape index (κ1) is 13.3. The molecule has 0 aliphatic carbocycles. The molecule has 1 fully saturated rings. The Bertz CT molecular complexity index is 452. The maximum Gasteiger partial charge on any atom is 0.222 e. The summed E-state index contributed by atoms with van der Waals surface area (Å²) in [7, 11) is 1.84. The Morgan fingerprint density at radius 2 is 2.33 bits per heavy atom. The third-order valence-electron chi connectivity index (χ3n) is 3.04. The number of aryl methyl sites for hydroxylation is 1. The van der Waals surface area contributed by atoms with Crippen molar-refractivity contribution in [3.63, 3.8) is 0 Å². The summed E-state index contributed by atoms with van der Waals surface area (Å²) in [6, 6.07) is 2.13. The van der Waals surface area contributed by atoms with Crippen LogP contribution in [0.1, 0.15) is 25.6 Å². The van der Waals surface area contributed by atoms with Gasteiger partial charge < -0.3 is 10.2 Å². The number of carbonyl (C=O) groups is 1. The normalized spacial score (nSPS) is 20.1. The summed E-state index contributed by atoms with van der Waals surface area (Å²) in [6.07, 6.45) is 2.25. The molecule has 5 nitrogen and oxygen atoms in total. The van der Waals surface area contributed by atoms with Crippen LogP contribution in [0.2, 0.25) is 0 Å². The number of hydrogen-bond donors (Lipinski definition) is 1. The van der Waals surface area contributed by atoms with E-state index in [4.69, 9.17) is 0 Å². The first-order chi connectivity index (χ1) is 8.58. The summed E-state index contributed by atoms with van der Waals surface area (Å²) in [6.45, 7) is 2.75. The molecule has 0 spiro atoms. The molecule has 1 amide bonds. The molecule has 2 heterocycles. The van der Waals surface area contributed by atoms with Crippen LogP contribution in [-0.2, 0) is 11.2 Å². The Balaban J connectivity index is 2.05. The number of likely N-dealkylation sites (N-methyl/N-ethyl adjacent to an activating group) is 1. The van der Waals surface area contributed by atoms with Gasteiger partial charge in [0.15, 0.2) is 0 Å². The van der Waals surface area contributed by atoms with Gasteiger partial charge in [0.1, 0.15) is 16.2 Å². The van der Waals surface area contributed by atoms with E-state index in [1.165, 1.54) is 0 Å². The summed E-state index contributed by atoms with van der Waals surface area (Å²) in [5.41, 5.74) is 0. The number of piperidine rings is 1. The molecule has 0 saturated carbocycles. The lowest BCUT2D eigenvalue weighted by Crippen LogP contribution is -2.43. The SMILES string of the molecule is CCc1nc(Br)cc(NC2CCC(=O)N(C)C2)n1. The second-order valence-electron chi connectivity index (χ2n) is 4.50. The van der Waals surface area contributed by atoms with Crippen molar-refractivity contribution in [1.29, 1.82) is 0 Å². The predicted octanol–water partition coefficient (Wildman–Crippen LogP) is 1.83. The van der Waals surface area contributed by atoms with Crippen molar-refractivity contribution in [1.82, 2.24) is 14.9 Å². The lowest BCUT2D eigenvalue weighted by molar-refractivity contribution is -0.132. The van der Waals surface area contributed by atoms with Gasteiger partial charge in [-0.3, -0.25) is 4.79 Å². The third kappa shape index (κ3) is 3.19. The zero-order chi connectivity index (χ0) is 13.1. The summed E-state index contributed by atoms with van der Waals surface area (Å²) in [5.74, 6) is 1.85. The molecule has 1 saturated heterocycles. The molecule has 1 N–H and O–H groups in total. The number of nitrogens with zero attached hydrogens (tertiary/aromatic N) is 3. The highest BCUT2D eigenvalue weighted by molar-refractivity contribution is 9.10. The average Bonchev–Trinajstić information content (AvgIpc) is 2.33. The van der Waals surface area contributed by atoms with Gasteiger partial charge >= 0.3 is 0 Å². The quantitative estimate of drug-likeness (QED) is 0.865. The standard InChI is InChI=1S/C12H17BrN4O/c1-3-10-15-9(13)6-11(16-10)14-8-4-5-12(18)17(2)7-8/h6,8H,3-5,7H2,1-2H3,(H,14,15,16). The van der Waals surface area contributed by atoms with Gasteiger partial charge in [-0.15, -0.1) is 0 Å². The van der Waals surface area contributed by atoms with Crippen LogP contribution in [0.25, 0.3) is 0 Å². The number of halogens is 1. The van der Waals surface area contributed by atoms with Crippen LogP contribution in [0, 0.1) is 0 Å². The van der Waals surface area contributed by atoms with Gasteiger partial charge in [0.25, 0.3) is 0 Å². The smallest absolute Gasteiger partial charge is 0.222 e. The third-order valence-corrected chi connectivity index (χ3v) is 3.44. The van der Waals surface area contributed by atoms with Crippen molar-refractivity contribution in [3.8, 4) is 0 Å². The number of amides is 1. The van der Waals surface area contributed by atoms with Crippen molar-refractivity contribution < 1.29 is 4.79 Å². The first-order valence-corrected chi connectivity index (χ1v) is 6.91. The van der Waals surface area contributed by atoms with Crippen molar-refractivity contribution in [2.45, 2.75) is 32.2 Å². The van der Waals surface area contributed by atoms with Crippen LogP contribution in [0.4, 0.5) is 5.82 Å². The molecule has 0 bridgehead atoms. The Kier molecular flexibility index (Phi) is 4.16. The highest BCUT2D eigenvalue weighted by Gasteiger charge is 2.22. The van der Waals surface area contributed by atoms with Crippen LogP contribution in [0.3, 0.4) is 0 Å². The highest BCUT2D eigenvalue weighted by Crippen LogP contribution is 2.17. The molecule has 1 aromatic rings. The Labute approximate surface area is 115 Å². The Morgan fingerprint density at radius 1 is 1.56 bits per heavy atom. The van der Waals surface area contributed by atoms with E-state index in [1.807, 2.05) is 20.0 Å². The molecule has 1 aromatic heterocycles. The molecular formula is C12H17BrN4O. The van der Waals surface area contributed by atoms with Crippen molar-refractivity contribution >= 4 is 27.7 Å². The average molecular weight is 313 g/mol. The van der Waals surface area contributed by atoms with E-state index >= 15 is 0 Å². The topological polar surface area (TPSA) is 58.1 Å². The number of hydrogen-bond acceptors (Lipinski definition) is 4. The van der Waals surface area contributed by atoms with Crippen LogP contribution in [-0.4, -0.2) is 40.4 Å². The molecule has 1 aliphatic rings. The van der Waals surface area contributed by atoms with Crippen molar-refractivity contribution in [3.05, 3.63) is 16.5 Å². The second kappa shape index (κ2) is 5.65. The minimum absolute atomic E-state index is 0.214. The van der Waals surface area contributed by atoms with E-state index in [0.717, 1.165) is 35.6 Å². The fourth-order valence-electron chi connectivity index (χ4n) is 2.04. The lowest BCUT2D eigenvalue weighted by Gasteiger charge is -2.30. The van der Waals surface area contributed by atoms with E-state index in [-0.39, 0.29) is 11.9 Å². The molecule has 2 rings (SSSR count). The van der Waals surface area contributed by atoms with Gasteiger partial charge in [-0.1, -0.05) is 6.92 Å². The van der Waals surface area contributed by atoms with Gasteiger partial charge in [0, 0.05) is 38.5 Å². The monoisotopic (exact) mass is 312 g/mol. The number of carbonyl (C=O) groups excluding carboxylic acids is 1. The fourth-order valence-corrected chi connectivity index (χ4v) is 2.46. The van der Waals surface area contributed by atoms with E-state index in [2.05, 4.69) is 31.2 Å². The summed E-state index contributed by atoms with van der Waals surface area (Å²) < 4.78 is 0.789. The summed E-state index contributed by atoms with van der Waals surface area (Å²) in [4.78, 5) is 21.9. The molecule has 0 aromatic carbocycles. The Morgan fingerprint density at radius 3 is 3.00 bits per heavy atom. The molecule has 1 atom stereocenters.